The SMILES string of the molecule is CC(=O)c1cccc(S(=O)(=O)NC/C=C/CCl)c1. The summed E-state index contributed by atoms with van der Waals surface area (Å²) < 4.78 is 26.2. The summed E-state index contributed by atoms with van der Waals surface area (Å²) in [7, 11) is -3.59. The summed E-state index contributed by atoms with van der Waals surface area (Å²) in [5.74, 6) is 0.163. The van der Waals surface area contributed by atoms with Gasteiger partial charge in [-0.25, -0.2) is 13.1 Å². The molecule has 0 saturated carbocycles. The number of sulfonamides is 1. The third-order valence-electron chi connectivity index (χ3n) is 2.20. The van der Waals surface area contributed by atoms with Crippen LogP contribution < -0.4 is 4.72 Å². The monoisotopic (exact) mass is 287 g/mol. The highest BCUT2D eigenvalue weighted by molar-refractivity contribution is 7.89. The minimum Gasteiger partial charge on any atom is -0.295 e. The van der Waals surface area contributed by atoms with Gasteiger partial charge in [-0.15, -0.1) is 11.6 Å². The van der Waals surface area contributed by atoms with Gasteiger partial charge in [0.2, 0.25) is 10.0 Å². The van der Waals surface area contributed by atoms with Crippen LogP contribution in [0, 0.1) is 0 Å². The maximum absolute atomic E-state index is 11.9. The Bertz CT molecular complexity index is 552. The molecular formula is C12H14ClNO3S. The van der Waals surface area contributed by atoms with Crippen molar-refractivity contribution in [1.82, 2.24) is 4.72 Å². The van der Waals surface area contributed by atoms with Crippen molar-refractivity contribution in [1.29, 1.82) is 0 Å². The van der Waals surface area contributed by atoms with Gasteiger partial charge in [0.15, 0.2) is 5.78 Å². The van der Waals surface area contributed by atoms with Gasteiger partial charge in [0.25, 0.3) is 0 Å². The van der Waals surface area contributed by atoms with Crippen molar-refractivity contribution in [2.75, 3.05) is 12.4 Å². The van der Waals surface area contributed by atoms with Gasteiger partial charge in [0.1, 0.15) is 0 Å². The molecule has 0 saturated heterocycles. The molecule has 98 valence electrons. The lowest BCUT2D eigenvalue weighted by Gasteiger charge is -2.05. The lowest BCUT2D eigenvalue weighted by molar-refractivity contribution is 0.101. The van der Waals surface area contributed by atoms with Crippen molar-refractivity contribution in [3.8, 4) is 0 Å². The van der Waals surface area contributed by atoms with E-state index in [4.69, 9.17) is 11.6 Å². The third kappa shape index (κ3) is 4.25. The van der Waals surface area contributed by atoms with Gasteiger partial charge in [-0.1, -0.05) is 24.3 Å². The Morgan fingerprint density at radius 2 is 2.11 bits per heavy atom. The van der Waals surface area contributed by atoms with Gasteiger partial charge < -0.3 is 0 Å². The molecule has 0 radical (unpaired) electrons. The van der Waals surface area contributed by atoms with Gasteiger partial charge in [-0.2, -0.15) is 0 Å². The molecule has 4 nitrogen and oxygen atoms in total. The van der Waals surface area contributed by atoms with E-state index in [2.05, 4.69) is 4.72 Å². The van der Waals surface area contributed by atoms with E-state index in [0.717, 1.165) is 0 Å². The van der Waals surface area contributed by atoms with E-state index >= 15 is 0 Å². The molecule has 0 amide bonds. The van der Waals surface area contributed by atoms with Crippen LogP contribution in [0.3, 0.4) is 0 Å². The predicted molar refractivity (Wildman–Crippen MR) is 71.5 cm³/mol. The summed E-state index contributed by atoms with van der Waals surface area (Å²) in [6.07, 6.45) is 3.27. The highest BCUT2D eigenvalue weighted by Gasteiger charge is 2.13. The molecule has 6 heteroatoms. The molecule has 0 aliphatic rings. The van der Waals surface area contributed by atoms with Gasteiger partial charge in [0, 0.05) is 18.0 Å². The molecule has 0 bridgehead atoms. The predicted octanol–water partition coefficient (Wildman–Crippen LogP) is 1.96. The lowest BCUT2D eigenvalue weighted by Crippen LogP contribution is -2.24. The van der Waals surface area contributed by atoms with Crippen molar-refractivity contribution in [2.45, 2.75) is 11.8 Å². The lowest BCUT2D eigenvalue weighted by atomic mass is 10.2. The van der Waals surface area contributed by atoms with Crippen LogP contribution in [0.1, 0.15) is 17.3 Å². The fourth-order valence-electron chi connectivity index (χ4n) is 1.27. The van der Waals surface area contributed by atoms with Crippen molar-refractivity contribution in [2.24, 2.45) is 0 Å². The van der Waals surface area contributed by atoms with E-state index in [1.807, 2.05) is 0 Å². The number of alkyl halides is 1. The normalized spacial score (nSPS) is 11.9. The fourth-order valence-corrected chi connectivity index (χ4v) is 2.42. The zero-order valence-electron chi connectivity index (χ0n) is 9.89. The Morgan fingerprint density at radius 1 is 1.39 bits per heavy atom. The number of Topliss-reactive ketones (excluding diaryl/α,β-unsaturated/α-hetero) is 1. The number of allylic oxidation sites excluding steroid dienone is 1. The Kier molecular flexibility index (Phi) is 5.53. The second-order valence-electron chi connectivity index (χ2n) is 3.56. The summed E-state index contributed by atoms with van der Waals surface area (Å²) in [6, 6.07) is 5.92. The smallest absolute Gasteiger partial charge is 0.240 e. The van der Waals surface area contributed by atoms with Crippen LogP contribution in [0.25, 0.3) is 0 Å². The van der Waals surface area contributed by atoms with Crippen LogP contribution in [-0.2, 0) is 10.0 Å². The van der Waals surface area contributed by atoms with Crippen LogP contribution in [0.2, 0.25) is 0 Å². The average molecular weight is 288 g/mol. The number of hydrogen-bond donors (Lipinski definition) is 1. The van der Waals surface area contributed by atoms with Crippen molar-refractivity contribution in [3.63, 3.8) is 0 Å². The molecule has 0 atom stereocenters. The fraction of sp³-hybridized carbons (Fsp3) is 0.250. The average Bonchev–Trinajstić information content (AvgIpc) is 2.35. The Morgan fingerprint density at radius 3 is 2.72 bits per heavy atom. The van der Waals surface area contributed by atoms with E-state index in [9.17, 15) is 13.2 Å². The molecule has 1 aromatic carbocycles. The summed E-state index contributed by atoms with van der Waals surface area (Å²) >= 11 is 5.42. The molecule has 0 aliphatic heterocycles. The van der Waals surface area contributed by atoms with E-state index in [1.165, 1.54) is 19.1 Å². The number of carbonyl (C=O) groups excluding carboxylic acids is 1. The Labute approximate surface area is 112 Å². The summed E-state index contributed by atoms with van der Waals surface area (Å²) in [5.41, 5.74) is 0.370. The second kappa shape index (κ2) is 6.68. The van der Waals surface area contributed by atoms with Crippen molar-refractivity contribution in [3.05, 3.63) is 42.0 Å². The minimum atomic E-state index is -3.59. The summed E-state index contributed by atoms with van der Waals surface area (Å²) in [6.45, 7) is 1.56. The van der Waals surface area contributed by atoms with Crippen LogP contribution in [0.4, 0.5) is 0 Å². The Hall–Kier alpha value is -1.17. The van der Waals surface area contributed by atoms with Crippen molar-refractivity contribution >= 4 is 27.4 Å². The van der Waals surface area contributed by atoms with Crippen molar-refractivity contribution < 1.29 is 13.2 Å². The zero-order valence-corrected chi connectivity index (χ0v) is 11.5. The number of benzene rings is 1. The molecule has 0 unspecified atom stereocenters. The highest BCUT2D eigenvalue weighted by atomic mass is 35.5. The Balaban J connectivity index is 2.88. The first-order valence-corrected chi connectivity index (χ1v) is 7.31. The van der Waals surface area contributed by atoms with E-state index in [-0.39, 0.29) is 17.2 Å². The number of carbonyl (C=O) groups is 1. The molecule has 1 aromatic rings. The molecule has 1 rings (SSSR count). The molecule has 0 heterocycles. The number of ketones is 1. The zero-order chi connectivity index (χ0) is 13.6. The van der Waals surface area contributed by atoms with E-state index < -0.39 is 10.0 Å². The van der Waals surface area contributed by atoms with Gasteiger partial charge in [0.05, 0.1) is 4.90 Å². The van der Waals surface area contributed by atoms with Crippen LogP contribution in [0.5, 0.6) is 0 Å². The van der Waals surface area contributed by atoms with Crippen LogP contribution in [0.15, 0.2) is 41.3 Å². The molecule has 0 aliphatic carbocycles. The molecule has 1 N–H and O–H groups in total. The number of nitrogens with one attached hydrogen (secondary N) is 1. The second-order valence-corrected chi connectivity index (χ2v) is 5.64. The summed E-state index contributed by atoms with van der Waals surface area (Å²) in [5, 5.41) is 0. The molecule has 0 spiro atoms. The van der Waals surface area contributed by atoms with Crippen LogP contribution >= 0.6 is 11.6 Å². The third-order valence-corrected chi connectivity index (χ3v) is 3.80. The first kappa shape index (κ1) is 14.9. The molecular weight excluding hydrogens is 274 g/mol. The maximum Gasteiger partial charge on any atom is 0.240 e. The van der Waals surface area contributed by atoms with Gasteiger partial charge >= 0.3 is 0 Å². The largest absolute Gasteiger partial charge is 0.295 e. The topological polar surface area (TPSA) is 63.2 Å². The minimum absolute atomic E-state index is 0.0782. The number of halogens is 1. The first-order chi connectivity index (χ1) is 8.47. The first-order valence-electron chi connectivity index (χ1n) is 5.29. The van der Waals surface area contributed by atoms with Crippen LogP contribution in [-0.4, -0.2) is 26.6 Å². The molecule has 0 aromatic heterocycles. The van der Waals surface area contributed by atoms with Gasteiger partial charge in [-0.3, -0.25) is 4.79 Å². The number of rotatable bonds is 6. The quantitative estimate of drug-likeness (QED) is 0.494. The van der Waals surface area contributed by atoms with E-state index in [0.29, 0.717) is 11.4 Å². The standard InChI is InChI=1S/C12H14ClNO3S/c1-10(15)11-5-4-6-12(9-11)18(16,17)14-8-3-2-7-13/h2-6,9,14H,7-8H2,1H3/b3-2+. The highest BCUT2D eigenvalue weighted by Crippen LogP contribution is 2.11. The summed E-state index contributed by atoms with van der Waals surface area (Å²) in [4.78, 5) is 11.3. The molecule has 0 fully saturated rings. The molecule has 18 heavy (non-hydrogen) atoms. The van der Waals surface area contributed by atoms with E-state index in [1.54, 1.807) is 24.3 Å². The maximum atomic E-state index is 11.9. The number of hydrogen-bond acceptors (Lipinski definition) is 3. The van der Waals surface area contributed by atoms with Gasteiger partial charge in [-0.05, 0) is 19.1 Å².